The van der Waals surface area contributed by atoms with Crippen molar-refractivity contribution in [3.63, 3.8) is 0 Å². The van der Waals surface area contributed by atoms with E-state index < -0.39 is 0 Å². The fraction of sp³-hybridized carbons (Fsp3) is 0.630. The van der Waals surface area contributed by atoms with Gasteiger partial charge < -0.3 is 9.72 Å². The maximum atomic E-state index is 13.2. The van der Waals surface area contributed by atoms with Gasteiger partial charge in [-0.2, -0.15) is 0 Å². The van der Waals surface area contributed by atoms with Crippen molar-refractivity contribution in [2.75, 3.05) is 39.4 Å². The first-order valence-corrected chi connectivity index (χ1v) is 13.5. The van der Waals surface area contributed by atoms with E-state index in [1.165, 1.54) is 18.4 Å². The van der Waals surface area contributed by atoms with Gasteiger partial charge in [0.1, 0.15) is 0 Å². The predicted octanol–water partition coefficient (Wildman–Crippen LogP) is 3.53. The highest BCUT2D eigenvalue weighted by atomic mass is 16.5. The molecule has 0 spiro atoms. The molecule has 194 valence electrons. The lowest BCUT2D eigenvalue weighted by molar-refractivity contribution is 0.0291. The third-order valence-electron chi connectivity index (χ3n) is 7.88. The number of hydrogen-bond donors (Lipinski definition) is 1. The van der Waals surface area contributed by atoms with Crippen LogP contribution in [-0.4, -0.2) is 74.4 Å². The monoisotopic (exact) mass is 493 g/mol. The van der Waals surface area contributed by atoms with Crippen LogP contribution in [0.15, 0.2) is 23.0 Å². The van der Waals surface area contributed by atoms with E-state index in [0.717, 1.165) is 86.5 Å². The van der Waals surface area contributed by atoms with Gasteiger partial charge >= 0.3 is 0 Å². The molecular weight excluding hydrogens is 454 g/mol. The molecule has 1 aliphatic carbocycles. The molecule has 0 radical (unpaired) electrons. The SMILES string of the molecule is CC[C@@H](c1nnnn1C1CCCC1)N(CCN1CCOCC1)Cc1cc2c(C)cc(C)cc2[nH]c1=O. The Morgan fingerprint density at radius 3 is 2.69 bits per heavy atom. The number of aromatic nitrogens is 5. The number of benzene rings is 1. The van der Waals surface area contributed by atoms with Gasteiger partial charge in [-0.3, -0.25) is 14.6 Å². The summed E-state index contributed by atoms with van der Waals surface area (Å²) in [6.07, 6.45) is 5.59. The molecule has 2 fully saturated rings. The molecule has 0 amide bonds. The minimum Gasteiger partial charge on any atom is -0.379 e. The molecule has 0 unspecified atom stereocenters. The van der Waals surface area contributed by atoms with Gasteiger partial charge in [0.05, 0.1) is 25.3 Å². The lowest BCUT2D eigenvalue weighted by atomic mass is 10.0. The predicted molar refractivity (Wildman–Crippen MR) is 140 cm³/mol. The second-order valence-corrected chi connectivity index (χ2v) is 10.4. The first-order valence-electron chi connectivity index (χ1n) is 13.5. The Bertz CT molecular complexity index is 1220. The molecule has 1 atom stereocenters. The van der Waals surface area contributed by atoms with Crippen LogP contribution in [0.4, 0.5) is 0 Å². The number of hydrogen-bond acceptors (Lipinski definition) is 7. The van der Waals surface area contributed by atoms with Crippen molar-refractivity contribution >= 4 is 10.9 Å². The Labute approximate surface area is 212 Å². The second-order valence-electron chi connectivity index (χ2n) is 10.4. The Kier molecular flexibility index (Phi) is 7.79. The third kappa shape index (κ3) is 5.38. The molecular formula is C27H39N7O2. The lowest BCUT2D eigenvalue weighted by Gasteiger charge is -2.34. The van der Waals surface area contributed by atoms with E-state index in [4.69, 9.17) is 4.74 Å². The van der Waals surface area contributed by atoms with Crippen molar-refractivity contribution in [2.45, 2.75) is 71.5 Å². The smallest absolute Gasteiger partial charge is 0.252 e. The number of rotatable bonds is 9. The topological polar surface area (TPSA) is 92.2 Å². The molecule has 2 aliphatic rings. The van der Waals surface area contributed by atoms with Crippen molar-refractivity contribution in [1.82, 2.24) is 35.0 Å². The summed E-state index contributed by atoms with van der Waals surface area (Å²) >= 11 is 0. The van der Waals surface area contributed by atoms with Crippen molar-refractivity contribution in [3.05, 3.63) is 51.1 Å². The summed E-state index contributed by atoms with van der Waals surface area (Å²) in [4.78, 5) is 21.2. The molecule has 1 aliphatic heterocycles. The highest BCUT2D eigenvalue weighted by Gasteiger charge is 2.30. The minimum atomic E-state index is -0.0193. The van der Waals surface area contributed by atoms with Gasteiger partial charge in [0.2, 0.25) is 0 Å². The van der Waals surface area contributed by atoms with Gasteiger partial charge in [-0.25, -0.2) is 4.68 Å². The largest absolute Gasteiger partial charge is 0.379 e. The number of aromatic amines is 1. The van der Waals surface area contributed by atoms with Crippen LogP contribution in [0.5, 0.6) is 0 Å². The molecule has 2 aromatic heterocycles. The first kappa shape index (κ1) is 25.0. The fourth-order valence-electron chi connectivity index (χ4n) is 5.92. The molecule has 1 saturated heterocycles. The van der Waals surface area contributed by atoms with E-state index in [1.807, 2.05) is 6.07 Å². The van der Waals surface area contributed by atoms with Crippen LogP contribution in [-0.2, 0) is 11.3 Å². The Morgan fingerprint density at radius 2 is 1.94 bits per heavy atom. The number of fused-ring (bicyclic) bond motifs is 1. The van der Waals surface area contributed by atoms with Crippen LogP contribution < -0.4 is 5.56 Å². The minimum absolute atomic E-state index is 0.0193. The van der Waals surface area contributed by atoms with Crippen LogP contribution in [0.2, 0.25) is 0 Å². The first-order chi connectivity index (χ1) is 17.5. The van der Waals surface area contributed by atoms with Crippen LogP contribution in [0.3, 0.4) is 0 Å². The van der Waals surface area contributed by atoms with E-state index in [9.17, 15) is 4.79 Å². The van der Waals surface area contributed by atoms with Crippen molar-refractivity contribution < 1.29 is 4.74 Å². The standard InChI is InChI=1S/C27H39N7O2/c1-4-25(26-29-30-31-34(26)22-7-5-6-8-22)33(10-9-32-11-13-36-14-12-32)18-21-17-23-20(3)15-19(2)16-24(23)28-27(21)35/h15-17,22,25H,4-14,18H2,1-3H3,(H,28,35)/t25-/m0/s1. The maximum Gasteiger partial charge on any atom is 0.252 e. The van der Waals surface area contributed by atoms with Gasteiger partial charge in [-0.1, -0.05) is 25.8 Å². The number of tetrazole rings is 1. The molecule has 1 N–H and O–H groups in total. The van der Waals surface area contributed by atoms with Gasteiger partial charge in [-0.05, 0) is 66.8 Å². The Balaban J connectivity index is 1.47. The zero-order chi connectivity index (χ0) is 25.1. The molecule has 9 heteroatoms. The normalized spacial score (nSPS) is 18.4. The number of aryl methyl sites for hydroxylation is 2. The van der Waals surface area contributed by atoms with Crippen LogP contribution >= 0.6 is 0 Å². The quantitative estimate of drug-likeness (QED) is 0.487. The Morgan fingerprint density at radius 1 is 1.17 bits per heavy atom. The number of nitrogens with one attached hydrogen (secondary N) is 1. The molecule has 9 nitrogen and oxygen atoms in total. The van der Waals surface area contributed by atoms with Crippen LogP contribution in [0.1, 0.15) is 73.6 Å². The van der Waals surface area contributed by atoms with Gasteiger partial charge in [0, 0.05) is 49.2 Å². The summed E-state index contributed by atoms with van der Waals surface area (Å²) in [6, 6.07) is 6.72. The summed E-state index contributed by atoms with van der Waals surface area (Å²) in [5, 5.41) is 14.1. The molecule has 0 bridgehead atoms. The summed E-state index contributed by atoms with van der Waals surface area (Å²) in [7, 11) is 0. The number of H-pyrrole nitrogens is 1. The number of pyridine rings is 1. The van der Waals surface area contributed by atoms with Crippen LogP contribution in [0.25, 0.3) is 10.9 Å². The van der Waals surface area contributed by atoms with Crippen molar-refractivity contribution in [1.29, 1.82) is 0 Å². The van der Waals surface area contributed by atoms with E-state index in [2.05, 4.69) is 67.9 Å². The number of morpholine rings is 1. The van der Waals surface area contributed by atoms with Crippen LogP contribution in [0, 0.1) is 13.8 Å². The number of nitrogens with zero attached hydrogens (tertiary/aromatic N) is 6. The van der Waals surface area contributed by atoms with Gasteiger partial charge in [-0.15, -0.1) is 5.10 Å². The summed E-state index contributed by atoms with van der Waals surface area (Å²) < 4.78 is 7.62. The number of ether oxygens (including phenoxy) is 1. The molecule has 1 saturated carbocycles. The van der Waals surface area contributed by atoms with Gasteiger partial charge in [0.25, 0.3) is 5.56 Å². The van der Waals surface area contributed by atoms with Crippen molar-refractivity contribution in [2.24, 2.45) is 0 Å². The summed E-state index contributed by atoms with van der Waals surface area (Å²) in [5.41, 5.74) is 4.00. The second kappa shape index (κ2) is 11.2. The van der Waals surface area contributed by atoms with E-state index in [0.29, 0.717) is 12.6 Å². The van der Waals surface area contributed by atoms with Crippen molar-refractivity contribution in [3.8, 4) is 0 Å². The fourth-order valence-corrected chi connectivity index (χ4v) is 5.92. The summed E-state index contributed by atoms with van der Waals surface area (Å²) in [6.45, 7) is 12.1. The molecule has 36 heavy (non-hydrogen) atoms. The van der Waals surface area contributed by atoms with Gasteiger partial charge in [0.15, 0.2) is 5.82 Å². The van der Waals surface area contributed by atoms with E-state index in [-0.39, 0.29) is 11.6 Å². The molecule has 1 aromatic carbocycles. The third-order valence-corrected chi connectivity index (χ3v) is 7.88. The summed E-state index contributed by atoms with van der Waals surface area (Å²) in [5.74, 6) is 0.926. The molecule has 3 heterocycles. The Hall–Kier alpha value is -2.62. The zero-order valence-electron chi connectivity index (χ0n) is 21.9. The molecule has 5 rings (SSSR count). The van der Waals surface area contributed by atoms with E-state index in [1.54, 1.807) is 0 Å². The zero-order valence-corrected chi connectivity index (χ0v) is 21.9. The maximum absolute atomic E-state index is 13.2. The lowest BCUT2D eigenvalue weighted by Crippen LogP contribution is -2.43. The van der Waals surface area contributed by atoms with E-state index >= 15 is 0 Å². The highest BCUT2D eigenvalue weighted by Crippen LogP contribution is 2.33. The highest BCUT2D eigenvalue weighted by molar-refractivity contribution is 5.83. The average molecular weight is 494 g/mol. The average Bonchev–Trinajstić information content (AvgIpc) is 3.56. The molecule has 3 aromatic rings.